The summed E-state index contributed by atoms with van der Waals surface area (Å²) in [6, 6.07) is 27.8. The number of sulfonamides is 1. The average Bonchev–Trinajstić information content (AvgIpc) is 3.56. The van der Waals surface area contributed by atoms with Gasteiger partial charge in [0.15, 0.2) is 0 Å². The fourth-order valence-electron chi connectivity index (χ4n) is 5.88. The van der Waals surface area contributed by atoms with E-state index in [1.165, 1.54) is 23.1 Å². The number of rotatable bonds is 12. The van der Waals surface area contributed by atoms with E-state index in [-0.39, 0.29) is 35.4 Å². The quantitative estimate of drug-likeness (QED) is 0.196. The number of hydrogen-bond acceptors (Lipinski definition) is 4. The molecule has 1 atom stereocenters. The van der Waals surface area contributed by atoms with Crippen molar-refractivity contribution in [2.45, 2.75) is 69.5 Å². The van der Waals surface area contributed by atoms with E-state index in [1.807, 2.05) is 50.2 Å². The van der Waals surface area contributed by atoms with Crippen molar-refractivity contribution >= 4 is 27.5 Å². The van der Waals surface area contributed by atoms with Crippen LogP contribution in [0.2, 0.25) is 0 Å². The number of halogens is 1. The Balaban J connectivity index is 1.57. The third-order valence-electron chi connectivity index (χ3n) is 8.45. The summed E-state index contributed by atoms with van der Waals surface area (Å²) in [7, 11) is -4.21. The van der Waals surface area contributed by atoms with Crippen LogP contribution < -0.4 is 9.62 Å². The van der Waals surface area contributed by atoms with Crippen LogP contribution in [0.15, 0.2) is 108 Å². The first-order valence-corrected chi connectivity index (χ1v) is 17.1. The highest BCUT2D eigenvalue weighted by molar-refractivity contribution is 7.92. The van der Waals surface area contributed by atoms with E-state index in [4.69, 9.17) is 0 Å². The zero-order chi connectivity index (χ0) is 32.7. The molecule has 0 saturated heterocycles. The largest absolute Gasteiger partial charge is 0.352 e. The summed E-state index contributed by atoms with van der Waals surface area (Å²) in [5.41, 5.74) is 3.07. The Morgan fingerprint density at radius 1 is 0.848 bits per heavy atom. The first kappa shape index (κ1) is 32.9. The highest BCUT2D eigenvalue weighted by Gasteiger charge is 2.36. The van der Waals surface area contributed by atoms with Crippen LogP contribution in [0.5, 0.6) is 0 Å². The number of carbonyl (C=O) groups excluding carboxylic acids is 2. The van der Waals surface area contributed by atoms with E-state index in [1.54, 1.807) is 48.5 Å². The summed E-state index contributed by atoms with van der Waals surface area (Å²) < 4.78 is 44.5. The highest BCUT2D eigenvalue weighted by Crippen LogP contribution is 2.27. The molecule has 1 N–H and O–H groups in total. The number of carbonyl (C=O) groups is 2. The zero-order valence-corrected chi connectivity index (χ0v) is 27.0. The molecule has 5 rings (SSSR count). The molecule has 1 saturated carbocycles. The fourth-order valence-corrected chi connectivity index (χ4v) is 7.29. The van der Waals surface area contributed by atoms with Gasteiger partial charge in [0.1, 0.15) is 18.4 Å². The molecule has 0 spiro atoms. The summed E-state index contributed by atoms with van der Waals surface area (Å²) in [5, 5.41) is 3.13. The molecule has 0 aliphatic heterocycles. The number of benzene rings is 4. The molecular weight excluding hydrogens is 601 g/mol. The van der Waals surface area contributed by atoms with Crippen molar-refractivity contribution in [1.82, 2.24) is 10.2 Å². The van der Waals surface area contributed by atoms with Crippen LogP contribution in [0.1, 0.15) is 47.9 Å². The smallest absolute Gasteiger partial charge is 0.264 e. The maximum absolute atomic E-state index is 15.1. The standard InChI is InChI=1S/C37H40FN3O4S/c1-27-19-21-33(22-20-27)46(44,45)41(32-17-10-11-28(2)23-32)26-36(42)40(25-30-14-6-9-18-34(30)38)35(24-29-12-4-3-5-13-29)37(43)39-31-15-7-8-16-31/h3-6,9-14,17-23,31,35H,7-8,15-16,24-26H2,1-2H3,(H,39,43)/t35-/m0/s1. The SMILES string of the molecule is Cc1ccc(S(=O)(=O)N(CC(=O)N(Cc2ccccc2F)[C@@H](Cc2ccccc2)C(=O)NC2CCCC2)c2cccc(C)c2)cc1. The molecule has 0 aromatic heterocycles. The van der Waals surface area contributed by atoms with Gasteiger partial charge in [-0.3, -0.25) is 13.9 Å². The predicted molar refractivity (Wildman–Crippen MR) is 178 cm³/mol. The summed E-state index contributed by atoms with van der Waals surface area (Å²) in [6.45, 7) is 2.90. The number of nitrogens with zero attached hydrogens (tertiary/aromatic N) is 2. The monoisotopic (exact) mass is 641 g/mol. The maximum atomic E-state index is 15.1. The minimum Gasteiger partial charge on any atom is -0.352 e. The third-order valence-corrected chi connectivity index (χ3v) is 10.2. The van der Waals surface area contributed by atoms with Gasteiger partial charge in [-0.25, -0.2) is 12.8 Å². The summed E-state index contributed by atoms with van der Waals surface area (Å²) in [6.07, 6.45) is 3.89. The Kier molecular flexibility index (Phi) is 10.5. The second-order valence-electron chi connectivity index (χ2n) is 12.0. The second kappa shape index (κ2) is 14.7. The number of amides is 2. The first-order chi connectivity index (χ1) is 22.1. The van der Waals surface area contributed by atoms with Crippen molar-refractivity contribution in [1.29, 1.82) is 0 Å². The number of anilines is 1. The lowest BCUT2D eigenvalue weighted by Gasteiger charge is -2.34. The lowest BCUT2D eigenvalue weighted by molar-refractivity contribution is -0.140. The van der Waals surface area contributed by atoms with Crippen LogP contribution in [0.3, 0.4) is 0 Å². The van der Waals surface area contributed by atoms with Gasteiger partial charge in [-0.05, 0) is 68.1 Å². The van der Waals surface area contributed by atoms with E-state index in [0.717, 1.165) is 46.7 Å². The Morgan fingerprint density at radius 3 is 2.20 bits per heavy atom. The molecule has 9 heteroatoms. The van der Waals surface area contributed by atoms with E-state index in [0.29, 0.717) is 5.69 Å². The molecule has 46 heavy (non-hydrogen) atoms. The lowest BCUT2D eigenvalue weighted by atomic mass is 10.0. The van der Waals surface area contributed by atoms with E-state index in [9.17, 15) is 18.0 Å². The number of nitrogens with one attached hydrogen (secondary N) is 1. The molecule has 240 valence electrons. The van der Waals surface area contributed by atoms with Crippen LogP contribution >= 0.6 is 0 Å². The number of aryl methyl sites for hydroxylation is 2. The van der Waals surface area contributed by atoms with Crippen molar-refractivity contribution in [2.24, 2.45) is 0 Å². The molecule has 1 aliphatic rings. The van der Waals surface area contributed by atoms with E-state index >= 15 is 4.39 Å². The molecule has 2 amide bonds. The molecule has 1 aliphatic carbocycles. The summed E-state index contributed by atoms with van der Waals surface area (Å²) in [5.74, 6) is -1.48. The Bertz CT molecular complexity index is 1760. The van der Waals surface area contributed by atoms with Gasteiger partial charge >= 0.3 is 0 Å². The topological polar surface area (TPSA) is 86.8 Å². The molecule has 0 heterocycles. The van der Waals surface area contributed by atoms with E-state index < -0.39 is 34.3 Å². The van der Waals surface area contributed by atoms with Crippen molar-refractivity contribution in [2.75, 3.05) is 10.8 Å². The second-order valence-corrected chi connectivity index (χ2v) is 13.8. The molecule has 0 bridgehead atoms. The molecule has 4 aromatic rings. The Hall–Kier alpha value is -4.50. The van der Waals surface area contributed by atoms with Crippen molar-refractivity contribution in [3.8, 4) is 0 Å². The molecule has 4 aromatic carbocycles. The predicted octanol–water partition coefficient (Wildman–Crippen LogP) is 6.34. The molecule has 0 radical (unpaired) electrons. The van der Waals surface area contributed by atoms with Gasteiger partial charge in [-0.1, -0.05) is 91.2 Å². The Labute approximate surface area is 271 Å². The lowest BCUT2D eigenvalue weighted by Crippen LogP contribution is -2.54. The number of hydrogen-bond donors (Lipinski definition) is 1. The van der Waals surface area contributed by atoms with Crippen LogP contribution in [-0.4, -0.2) is 43.8 Å². The fraction of sp³-hybridized carbons (Fsp3) is 0.297. The summed E-state index contributed by atoms with van der Waals surface area (Å²) in [4.78, 5) is 30.0. The van der Waals surface area contributed by atoms with Gasteiger partial charge < -0.3 is 10.2 Å². The average molecular weight is 642 g/mol. The van der Waals surface area contributed by atoms with Crippen molar-refractivity contribution < 1.29 is 22.4 Å². The normalized spacial score (nSPS) is 14.1. The van der Waals surface area contributed by atoms with Crippen molar-refractivity contribution in [3.05, 3.63) is 131 Å². The highest BCUT2D eigenvalue weighted by atomic mass is 32.2. The van der Waals surface area contributed by atoms with Crippen molar-refractivity contribution in [3.63, 3.8) is 0 Å². The van der Waals surface area contributed by atoms with Gasteiger partial charge in [-0.15, -0.1) is 0 Å². The van der Waals surface area contributed by atoms with Gasteiger partial charge in [0.05, 0.1) is 10.6 Å². The minimum atomic E-state index is -4.21. The maximum Gasteiger partial charge on any atom is 0.264 e. The first-order valence-electron chi connectivity index (χ1n) is 15.6. The molecule has 7 nitrogen and oxygen atoms in total. The summed E-state index contributed by atoms with van der Waals surface area (Å²) >= 11 is 0. The van der Waals surface area contributed by atoms with Crippen LogP contribution in [-0.2, 0) is 32.6 Å². The van der Waals surface area contributed by atoms with Crippen LogP contribution in [0.25, 0.3) is 0 Å². The zero-order valence-electron chi connectivity index (χ0n) is 26.2. The minimum absolute atomic E-state index is 0.0121. The van der Waals surface area contributed by atoms with Gasteiger partial charge in [0.2, 0.25) is 11.8 Å². The van der Waals surface area contributed by atoms with E-state index in [2.05, 4.69) is 5.32 Å². The van der Waals surface area contributed by atoms with Gasteiger partial charge in [0, 0.05) is 24.6 Å². The van der Waals surface area contributed by atoms with Gasteiger partial charge in [0.25, 0.3) is 10.0 Å². The Morgan fingerprint density at radius 2 is 1.52 bits per heavy atom. The van der Waals surface area contributed by atoms with Gasteiger partial charge in [-0.2, -0.15) is 0 Å². The molecule has 0 unspecified atom stereocenters. The van der Waals surface area contributed by atoms with Crippen LogP contribution in [0, 0.1) is 19.7 Å². The third kappa shape index (κ3) is 8.01. The van der Waals surface area contributed by atoms with Crippen LogP contribution in [0.4, 0.5) is 10.1 Å². The molecular formula is C37H40FN3O4S. The molecule has 1 fully saturated rings.